The van der Waals surface area contributed by atoms with Crippen molar-refractivity contribution in [3.8, 4) is 0 Å². The highest BCUT2D eigenvalue weighted by atomic mass is 16.2. The van der Waals surface area contributed by atoms with Crippen molar-refractivity contribution in [1.82, 2.24) is 4.90 Å². The van der Waals surface area contributed by atoms with Crippen LogP contribution in [0, 0.1) is 5.41 Å². The first-order valence-electron chi connectivity index (χ1n) is 8.16. The highest BCUT2D eigenvalue weighted by Crippen LogP contribution is 2.27. The van der Waals surface area contributed by atoms with E-state index in [1.165, 1.54) is 5.56 Å². The van der Waals surface area contributed by atoms with Gasteiger partial charge in [-0.3, -0.25) is 9.59 Å². The zero-order valence-corrected chi connectivity index (χ0v) is 14.3. The van der Waals surface area contributed by atoms with Gasteiger partial charge in [0.1, 0.15) is 0 Å². The van der Waals surface area contributed by atoms with Crippen molar-refractivity contribution in [2.24, 2.45) is 11.1 Å². The Morgan fingerprint density at radius 3 is 2.70 bits per heavy atom. The number of fused-ring (bicyclic) bond motifs is 1. The van der Waals surface area contributed by atoms with Crippen molar-refractivity contribution >= 4 is 17.5 Å². The van der Waals surface area contributed by atoms with Gasteiger partial charge in [0.2, 0.25) is 11.8 Å². The van der Waals surface area contributed by atoms with Gasteiger partial charge in [0.15, 0.2) is 0 Å². The second-order valence-corrected chi connectivity index (χ2v) is 7.04. The van der Waals surface area contributed by atoms with Crippen molar-refractivity contribution in [3.05, 3.63) is 29.8 Å². The minimum Gasteiger partial charge on any atom is -0.345 e. The number of carbonyl (C=O) groups is 2. The minimum atomic E-state index is -0.0993. The molecule has 2 amide bonds. The predicted molar refractivity (Wildman–Crippen MR) is 92.2 cm³/mol. The quantitative estimate of drug-likeness (QED) is 0.870. The maximum atomic E-state index is 12.3. The topological polar surface area (TPSA) is 66.6 Å². The Morgan fingerprint density at radius 1 is 1.30 bits per heavy atom. The summed E-state index contributed by atoms with van der Waals surface area (Å²) in [6, 6.07) is 7.92. The van der Waals surface area contributed by atoms with Crippen LogP contribution in [-0.4, -0.2) is 43.4 Å². The Bertz CT molecular complexity index is 583. The molecule has 5 heteroatoms. The summed E-state index contributed by atoms with van der Waals surface area (Å²) in [6.45, 7) is 5.67. The Kier molecular flexibility index (Phi) is 5.42. The van der Waals surface area contributed by atoms with Crippen molar-refractivity contribution in [3.63, 3.8) is 0 Å². The van der Waals surface area contributed by atoms with Crippen LogP contribution < -0.4 is 10.6 Å². The second-order valence-electron chi connectivity index (χ2n) is 7.04. The number of hydrogen-bond donors (Lipinski definition) is 1. The van der Waals surface area contributed by atoms with Gasteiger partial charge in [-0.05, 0) is 30.0 Å². The SMILES string of the molecule is CN(CC(C)(C)CN)C(=O)CCN1C(=O)CCc2ccccc21. The van der Waals surface area contributed by atoms with Gasteiger partial charge in [0, 0.05) is 38.7 Å². The van der Waals surface area contributed by atoms with Gasteiger partial charge in [0.05, 0.1) is 0 Å². The lowest BCUT2D eigenvalue weighted by Gasteiger charge is -2.31. The molecule has 2 N–H and O–H groups in total. The molecule has 0 spiro atoms. The molecule has 126 valence electrons. The lowest BCUT2D eigenvalue weighted by Crippen LogP contribution is -2.42. The molecule has 0 aliphatic carbocycles. The number of amides is 2. The number of aryl methyl sites for hydroxylation is 1. The van der Waals surface area contributed by atoms with Gasteiger partial charge >= 0.3 is 0 Å². The number of nitrogens with two attached hydrogens (primary N) is 1. The van der Waals surface area contributed by atoms with Crippen molar-refractivity contribution in [2.75, 3.05) is 31.6 Å². The summed E-state index contributed by atoms with van der Waals surface area (Å²) in [5.41, 5.74) is 7.75. The first kappa shape index (κ1) is 17.5. The molecular formula is C18H27N3O2. The molecule has 0 fully saturated rings. The van der Waals surface area contributed by atoms with Crippen LogP contribution in [0.5, 0.6) is 0 Å². The van der Waals surface area contributed by atoms with Gasteiger partial charge < -0.3 is 15.5 Å². The standard InChI is InChI=1S/C18H27N3O2/c1-18(2,12-19)13-20(3)16(22)10-11-21-15-7-5-4-6-14(15)8-9-17(21)23/h4-7H,8-13,19H2,1-3H3. The van der Waals surface area contributed by atoms with Crippen LogP contribution in [-0.2, 0) is 16.0 Å². The highest BCUT2D eigenvalue weighted by Gasteiger charge is 2.25. The largest absolute Gasteiger partial charge is 0.345 e. The first-order chi connectivity index (χ1) is 10.8. The smallest absolute Gasteiger partial charge is 0.227 e. The van der Waals surface area contributed by atoms with E-state index in [2.05, 4.69) is 0 Å². The summed E-state index contributed by atoms with van der Waals surface area (Å²) in [4.78, 5) is 28.0. The number of hydrogen-bond acceptors (Lipinski definition) is 3. The van der Waals surface area contributed by atoms with Crippen molar-refractivity contribution < 1.29 is 9.59 Å². The summed E-state index contributed by atoms with van der Waals surface area (Å²) in [6.07, 6.45) is 1.63. The molecule has 0 atom stereocenters. The van der Waals surface area contributed by atoms with Crippen LogP contribution in [0.25, 0.3) is 0 Å². The van der Waals surface area contributed by atoms with Crippen LogP contribution in [0.1, 0.15) is 32.3 Å². The average molecular weight is 317 g/mol. The van der Waals surface area contributed by atoms with Gasteiger partial charge in [0.25, 0.3) is 0 Å². The summed E-state index contributed by atoms with van der Waals surface area (Å²) in [5.74, 6) is 0.142. The molecule has 0 saturated heterocycles. The van der Waals surface area contributed by atoms with E-state index in [1.807, 2.05) is 38.1 Å². The molecule has 1 aromatic carbocycles. The maximum absolute atomic E-state index is 12.3. The normalized spacial score (nSPS) is 14.6. The van der Waals surface area contributed by atoms with E-state index in [0.29, 0.717) is 32.5 Å². The molecule has 5 nitrogen and oxygen atoms in total. The Balaban J connectivity index is 1.98. The van der Waals surface area contributed by atoms with E-state index in [0.717, 1.165) is 12.1 Å². The number of para-hydroxylation sites is 1. The summed E-state index contributed by atoms with van der Waals surface area (Å²) >= 11 is 0. The van der Waals surface area contributed by atoms with Crippen LogP contribution >= 0.6 is 0 Å². The third kappa shape index (κ3) is 4.32. The molecule has 0 radical (unpaired) electrons. The number of anilines is 1. The Morgan fingerprint density at radius 2 is 2.00 bits per heavy atom. The van der Waals surface area contributed by atoms with E-state index in [1.54, 1.807) is 16.8 Å². The third-order valence-corrected chi connectivity index (χ3v) is 4.38. The van der Waals surface area contributed by atoms with Crippen LogP contribution in [0.3, 0.4) is 0 Å². The number of rotatable bonds is 6. The van der Waals surface area contributed by atoms with Crippen molar-refractivity contribution in [2.45, 2.75) is 33.1 Å². The van der Waals surface area contributed by atoms with E-state index >= 15 is 0 Å². The molecule has 1 heterocycles. The maximum Gasteiger partial charge on any atom is 0.227 e. The second kappa shape index (κ2) is 7.13. The molecule has 2 rings (SSSR count). The molecule has 0 aromatic heterocycles. The first-order valence-corrected chi connectivity index (χ1v) is 8.16. The fourth-order valence-electron chi connectivity index (χ4n) is 2.93. The number of nitrogens with zero attached hydrogens (tertiary/aromatic N) is 2. The summed E-state index contributed by atoms with van der Waals surface area (Å²) < 4.78 is 0. The van der Waals surface area contributed by atoms with Crippen LogP contribution in [0.15, 0.2) is 24.3 Å². The molecule has 0 unspecified atom stereocenters. The fourth-order valence-corrected chi connectivity index (χ4v) is 2.93. The van der Waals surface area contributed by atoms with E-state index < -0.39 is 0 Å². The van der Waals surface area contributed by atoms with Gasteiger partial charge in [-0.15, -0.1) is 0 Å². The molecule has 1 aliphatic rings. The summed E-state index contributed by atoms with van der Waals surface area (Å²) in [5, 5.41) is 0. The molecule has 1 aliphatic heterocycles. The molecule has 1 aromatic rings. The zero-order valence-electron chi connectivity index (χ0n) is 14.3. The van der Waals surface area contributed by atoms with Crippen LogP contribution in [0.4, 0.5) is 5.69 Å². The zero-order chi connectivity index (χ0) is 17.0. The average Bonchev–Trinajstić information content (AvgIpc) is 2.53. The lowest BCUT2D eigenvalue weighted by molar-refractivity contribution is -0.130. The van der Waals surface area contributed by atoms with E-state index in [9.17, 15) is 9.59 Å². The molecule has 0 saturated carbocycles. The fraction of sp³-hybridized carbons (Fsp3) is 0.556. The third-order valence-electron chi connectivity index (χ3n) is 4.38. The van der Waals surface area contributed by atoms with Crippen LogP contribution in [0.2, 0.25) is 0 Å². The van der Waals surface area contributed by atoms with Gasteiger partial charge in [-0.1, -0.05) is 32.0 Å². The minimum absolute atomic E-state index is 0.0439. The molecule has 23 heavy (non-hydrogen) atoms. The lowest BCUT2D eigenvalue weighted by atomic mass is 9.93. The monoisotopic (exact) mass is 317 g/mol. The number of benzene rings is 1. The van der Waals surface area contributed by atoms with Gasteiger partial charge in [-0.2, -0.15) is 0 Å². The highest BCUT2D eigenvalue weighted by molar-refractivity contribution is 5.96. The molecular weight excluding hydrogens is 290 g/mol. The predicted octanol–water partition coefficient (Wildman–Crippen LogP) is 1.80. The summed E-state index contributed by atoms with van der Waals surface area (Å²) in [7, 11) is 1.80. The Hall–Kier alpha value is -1.88. The van der Waals surface area contributed by atoms with E-state index in [4.69, 9.17) is 5.73 Å². The van der Waals surface area contributed by atoms with Crippen molar-refractivity contribution in [1.29, 1.82) is 0 Å². The van der Waals surface area contributed by atoms with Gasteiger partial charge in [-0.25, -0.2) is 0 Å². The Labute approximate surface area is 138 Å². The van der Waals surface area contributed by atoms with E-state index in [-0.39, 0.29) is 17.2 Å². The number of carbonyl (C=O) groups excluding carboxylic acids is 2. The molecule has 0 bridgehead atoms.